The number of aromatic nitrogens is 4. The van der Waals surface area contributed by atoms with Gasteiger partial charge < -0.3 is 4.57 Å². The van der Waals surface area contributed by atoms with Crippen LogP contribution >= 0.6 is 0 Å². The summed E-state index contributed by atoms with van der Waals surface area (Å²) in [6, 6.07) is 5.79. The van der Waals surface area contributed by atoms with Crippen LogP contribution in [0.4, 0.5) is 0 Å². The minimum Gasteiger partial charge on any atom is -0.326 e. The van der Waals surface area contributed by atoms with Crippen LogP contribution in [0.3, 0.4) is 0 Å². The van der Waals surface area contributed by atoms with Crippen molar-refractivity contribution in [2.24, 2.45) is 7.05 Å². The number of fused-ring (bicyclic) bond motifs is 1. The molecule has 0 spiro atoms. The van der Waals surface area contributed by atoms with Crippen LogP contribution < -0.4 is 0 Å². The normalized spacial score (nSPS) is 11.1. The summed E-state index contributed by atoms with van der Waals surface area (Å²) in [6.07, 6.45) is 4.45. The highest BCUT2D eigenvalue weighted by molar-refractivity contribution is 5.95. The second-order valence-corrected chi connectivity index (χ2v) is 4.61. The van der Waals surface area contributed by atoms with Crippen LogP contribution in [0.5, 0.6) is 0 Å². The zero-order valence-electron chi connectivity index (χ0n) is 10.9. The summed E-state index contributed by atoms with van der Waals surface area (Å²) in [5.41, 5.74) is 3.56. The summed E-state index contributed by atoms with van der Waals surface area (Å²) in [4.78, 5) is 15.5. The van der Waals surface area contributed by atoms with Crippen LogP contribution in [0.25, 0.3) is 11.0 Å². The molecule has 3 rings (SSSR count). The van der Waals surface area contributed by atoms with Crippen molar-refractivity contribution in [1.82, 2.24) is 19.3 Å². The fourth-order valence-electron chi connectivity index (χ4n) is 2.35. The number of rotatable bonds is 3. The van der Waals surface area contributed by atoms with E-state index in [4.69, 9.17) is 0 Å². The van der Waals surface area contributed by atoms with Crippen LogP contribution in [0, 0.1) is 6.92 Å². The lowest BCUT2D eigenvalue weighted by molar-refractivity contribution is 0.112. The molecule has 0 aliphatic heterocycles. The van der Waals surface area contributed by atoms with Crippen LogP contribution in [-0.2, 0) is 13.6 Å². The highest BCUT2D eigenvalue weighted by Crippen LogP contribution is 2.19. The number of aldehydes is 1. The molecule has 3 heterocycles. The molecule has 0 fully saturated rings. The number of hydrogen-bond donors (Lipinski definition) is 0. The first-order valence-corrected chi connectivity index (χ1v) is 6.07. The Kier molecular flexibility index (Phi) is 2.67. The van der Waals surface area contributed by atoms with Gasteiger partial charge in [-0.3, -0.25) is 9.48 Å². The predicted octanol–water partition coefficient (Wildman–Crippen LogP) is 1.94. The molecule has 5 nitrogen and oxygen atoms in total. The largest absolute Gasteiger partial charge is 0.326 e. The average molecular weight is 254 g/mol. The Morgan fingerprint density at radius 3 is 2.95 bits per heavy atom. The fourth-order valence-corrected chi connectivity index (χ4v) is 2.35. The summed E-state index contributed by atoms with van der Waals surface area (Å²) in [5, 5.41) is 5.21. The average Bonchev–Trinajstić information content (AvgIpc) is 2.91. The van der Waals surface area contributed by atoms with E-state index in [1.807, 2.05) is 47.6 Å². The molecule has 0 aliphatic carbocycles. The van der Waals surface area contributed by atoms with E-state index in [2.05, 4.69) is 10.1 Å². The quantitative estimate of drug-likeness (QED) is 0.671. The maximum Gasteiger partial charge on any atom is 0.152 e. The molecule has 96 valence electrons. The van der Waals surface area contributed by atoms with Gasteiger partial charge in [0.05, 0.1) is 17.9 Å². The number of hydrogen-bond acceptors (Lipinski definition) is 3. The number of nitrogens with zero attached hydrogens (tertiary/aromatic N) is 4. The van der Waals surface area contributed by atoms with Gasteiger partial charge in [-0.1, -0.05) is 0 Å². The molecule has 0 saturated heterocycles. The fraction of sp³-hybridized carbons (Fsp3) is 0.214. The molecular weight excluding hydrogens is 240 g/mol. The first kappa shape index (κ1) is 11.6. The lowest BCUT2D eigenvalue weighted by atomic mass is 10.2. The molecule has 0 saturated carbocycles. The maximum atomic E-state index is 11.1. The molecule has 0 atom stereocenters. The van der Waals surface area contributed by atoms with E-state index in [9.17, 15) is 4.79 Å². The first-order valence-electron chi connectivity index (χ1n) is 6.07. The van der Waals surface area contributed by atoms with Crippen LogP contribution in [0.2, 0.25) is 0 Å². The maximum absolute atomic E-state index is 11.1. The van der Waals surface area contributed by atoms with E-state index < -0.39 is 0 Å². The zero-order chi connectivity index (χ0) is 13.4. The molecule has 0 N–H and O–H groups in total. The van der Waals surface area contributed by atoms with E-state index in [1.54, 1.807) is 6.20 Å². The summed E-state index contributed by atoms with van der Waals surface area (Å²) < 4.78 is 3.83. The summed E-state index contributed by atoms with van der Waals surface area (Å²) in [5.74, 6) is 0. The van der Waals surface area contributed by atoms with E-state index in [0.717, 1.165) is 28.7 Å². The van der Waals surface area contributed by atoms with Gasteiger partial charge in [-0.15, -0.1) is 0 Å². The third kappa shape index (κ3) is 1.93. The number of carbonyl (C=O) groups is 1. The van der Waals surface area contributed by atoms with E-state index in [1.165, 1.54) is 0 Å². The molecule has 0 amide bonds. The molecule has 0 aromatic carbocycles. The van der Waals surface area contributed by atoms with E-state index in [0.29, 0.717) is 12.1 Å². The number of aryl methyl sites for hydroxylation is 2. The number of pyridine rings is 1. The second-order valence-electron chi connectivity index (χ2n) is 4.61. The smallest absolute Gasteiger partial charge is 0.152 e. The minimum absolute atomic E-state index is 0.651. The van der Waals surface area contributed by atoms with Crippen molar-refractivity contribution in [1.29, 1.82) is 0 Å². The Bertz CT molecular complexity index is 754. The summed E-state index contributed by atoms with van der Waals surface area (Å²) in [7, 11) is 1.92. The van der Waals surface area contributed by atoms with Crippen LogP contribution in [-0.4, -0.2) is 25.6 Å². The van der Waals surface area contributed by atoms with Crippen molar-refractivity contribution in [2.75, 3.05) is 0 Å². The molecule has 3 aromatic heterocycles. The Hall–Kier alpha value is -2.43. The third-order valence-corrected chi connectivity index (χ3v) is 3.22. The lowest BCUT2D eigenvalue weighted by Gasteiger charge is -2.04. The van der Waals surface area contributed by atoms with E-state index in [-0.39, 0.29) is 0 Å². The van der Waals surface area contributed by atoms with Gasteiger partial charge in [-0.2, -0.15) is 5.10 Å². The van der Waals surface area contributed by atoms with Gasteiger partial charge >= 0.3 is 0 Å². The van der Waals surface area contributed by atoms with Crippen molar-refractivity contribution in [3.63, 3.8) is 0 Å². The van der Waals surface area contributed by atoms with Crippen molar-refractivity contribution in [3.05, 3.63) is 47.5 Å². The molecule has 3 aromatic rings. The predicted molar refractivity (Wildman–Crippen MR) is 72.2 cm³/mol. The topological polar surface area (TPSA) is 52.7 Å². The molecule has 19 heavy (non-hydrogen) atoms. The zero-order valence-corrected chi connectivity index (χ0v) is 10.9. The minimum atomic E-state index is 0.651. The molecule has 0 aliphatic rings. The van der Waals surface area contributed by atoms with Crippen LogP contribution in [0.1, 0.15) is 21.7 Å². The van der Waals surface area contributed by atoms with Crippen molar-refractivity contribution < 1.29 is 4.79 Å². The SMILES string of the molecule is Cc1cc(Cn2cc(C=O)c3cccnc32)n(C)n1. The number of carbonyl (C=O) groups excluding carboxylic acids is 1. The summed E-state index contributed by atoms with van der Waals surface area (Å²) in [6.45, 7) is 2.62. The standard InChI is InChI=1S/C14H14N4O/c1-10-6-12(17(2)16-10)8-18-7-11(9-19)13-4-3-5-15-14(13)18/h3-7,9H,8H2,1-2H3. The van der Waals surface area contributed by atoms with Gasteiger partial charge in [0.2, 0.25) is 0 Å². The van der Waals surface area contributed by atoms with E-state index >= 15 is 0 Å². The van der Waals surface area contributed by atoms with Gasteiger partial charge in [0.15, 0.2) is 6.29 Å². The molecule has 0 unspecified atom stereocenters. The molecular formula is C14H14N4O. The molecule has 0 bridgehead atoms. The van der Waals surface area contributed by atoms with Gasteiger partial charge in [-0.05, 0) is 25.1 Å². The first-order chi connectivity index (χ1) is 9.19. The molecule has 0 radical (unpaired) electrons. The molecule has 5 heteroatoms. The monoisotopic (exact) mass is 254 g/mol. The Morgan fingerprint density at radius 1 is 1.42 bits per heavy atom. The Balaban J connectivity index is 2.10. The second kappa shape index (κ2) is 4.35. The van der Waals surface area contributed by atoms with Gasteiger partial charge in [-0.25, -0.2) is 4.98 Å². The van der Waals surface area contributed by atoms with Crippen molar-refractivity contribution in [3.8, 4) is 0 Å². The van der Waals surface area contributed by atoms with Crippen molar-refractivity contribution in [2.45, 2.75) is 13.5 Å². The summed E-state index contributed by atoms with van der Waals surface area (Å²) >= 11 is 0. The highest BCUT2D eigenvalue weighted by Gasteiger charge is 2.10. The Morgan fingerprint density at radius 2 is 2.26 bits per heavy atom. The third-order valence-electron chi connectivity index (χ3n) is 3.22. The highest BCUT2D eigenvalue weighted by atomic mass is 16.1. The Labute approximate surface area is 110 Å². The van der Waals surface area contributed by atoms with Crippen LogP contribution in [0.15, 0.2) is 30.6 Å². The van der Waals surface area contributed by atoms with Crippen molar-refractivity contribution >= 4 is 17.3 Å². The van der Waals surface area contributed by atoms with Gasteiger partial charge in [0.1, 0.15) is 5.65 Å². The lowest BCUT2D eigenvalue weighted by Crippen LogP contribution is -2.05. The van der Waals surface area contributed by atoms with Gasteiger partial charge in [0, 0.05) is 30.4 Å². The van der Waals surface area contributed by atoms with Gasteiger partial charge in [0.25, 0.3) is 0 Å².